The van der Waals surface area contributed by atoms with Crippen LogP contribution in [0, 0.1) is 11.3 Å². The molecule has 1 saturated carbocycles. The van der Waals surface area contributed by atoms with E-state index in [4.69, 9.17) is 16.9 Å². The molecular weight excluding hydrogens is 320 g/mol. The summed E-state index contributed by atoms with van der Waals surface area (Å²) in [5.74, 6) is 0. The summed E-state index contributed by atoms with van der Waals surface area (Å²) < 4.78 is 4.03. The molecule has 22 heavy (non-hydrogen) atoms. The highest BCUT2D eigenvalue weighted by molar-refractivity contribution is 7.10. The first-order valence-electron chi connectivity index (χ1n) is 7.93. The van der Waals surface area contributed by atoms with Crippen LogP contribution in [0.3, 0.4) is 0 Å². The summed E-state index contributed by atoms with van der Waals surface area (Å²) in [7, 11) is 0. The van der Waals surface area contributed by atoms with E-state index in [2.05, 4.69) is 20.7 Å². The molecule has 2 unspecified atom stereocenters. The number of hydrogen-bond acceptors (Lipinski definition) is 6. The van der Waals surface area contributed by atoms with Gasteiger partial charge in [-0.05, 0) is 37.2 Å². The number of aliphatic hydroxyl groups is 1. The number of anilines is 1. The van der Waals surface area contributed by atoms with Crippen LogP contribution < -0.4 is 5.32 Å². The molecule has 1 aromatic heterocycles. The summed E-state index contributed by atoms with van der Waals surface area (Å²) in [5, 5.41) is 23.8. The monoisotopic (exact) mass is 340 g/mol. The number of halogens is 1. The third-order valence-electron chi connectivity index (χ3n) is 4.79. The fraction of sp³-hybridized carbons (Fsp3) is 0.733. The van der Waals surface area contributed by atoms with E-state index in [0.717, 1.165) is 50.2 Å². The normalized spacial score (nSPS) is 27.5. The zero-order chi connectivity index (χ0) is 15.5. The van der Waals surface area contributed by atoms with Crippen LogP contribution >= 0.6 is 23.1 Å². The second kappa shape index (κ2) is 7.14. The number of nitrogens with zero attached hydrogens (tertiary/aromatic N) is 3. The van der Waals surface area contributed by atoms with E-state index in [1.807, 2.05) is 0 Å². The summed E-state index contributed by atoms with van der Waals surface area (Å²) in [6, 6.07) is 2.79. The molecule has 5 nitrogen and oxygen atoms in total. The molecule has 0 aromatic carbocycles. The number of rotatable bonds is 3. The van der Waals surface area contributed by atoms with Crippen LogP contribution in [0.25, 0.3) is 0 Å². The van der Waals surface area contributed by atoms with Crippen molar-refractivity contribution in [1.82, 2.24) is 9.27 Å². The Kier molecular flexibility index (Phi) is 5.19. The maximum absolute atomic E-state index is 10.2. The second-order valence-electron chi connectivity index (χ2n) is 6.16. The van der Waals surface area contributed by atoms with Crippen molar-refractivity contribution in [3.05, 3.63) is 10.7 Å². The van der Waals surface area contributed by atoms with Gasteiger partial charge in [-0.1, -0.05) is 24.4 Å². The van der Waals surface area contributed by atoms with Crippen molar-refractivity contribution >= 4 is 28.1 Å². The lowest BCUT2D eigenvalue weighted by Crippen LogP contribution is -2.50. The van der Waals surface area contributed by atoms with Gasteiger partial charge in [0.2, 0.25) is 0 Å². The van der Waals surface area contributed by atoms with Crippen molar-refractivity contribution < 1.29 is 5.11 Å². The van der Waals surface area contributed by atoms with Crippen molar-refractivity contribution in [2.75, 3.05) is 18.4 Å². The maximum atomic E-state index is 10.2. The molecule has 2 heterocycles. The van der Waals surface area contributed by atoms with Gasteiger partial charge in [0.15, 0.2) is 5.15 Å². The molecule has 2 atom stereocenters. The molecule has 1 aliphatic heterocycles. The molecule has 0 spiro atoms. The van der Waals surface area contributed by atoms with Crippen LogP contribution in [-0.2, 0) is 0 Å². The number of piperidine rings is 1. The van der Waals surface area contributed by atoms with Gasteiger partial charge in [0, 0.05) is 25.2 Å². The average molecular weight is 341 g/mol. The average Bonchev–Trinajstić information content (AvgIpc) is 2.88. The minimum atomic E-state index is -0.163. The summed E-state index contributed by atoms with van der Waals surface area (Å²) in [5.41, 5.74) is 0.455. The first-order chi connectivity index (χ1) is 10.7. The molecule has 2 aliphatic rings. The Labute approximate surface area is 140 Å². The molecule has 0 bridgehead atoms. The van der Waals surface area contributed by atoms with Gasteiger partial charge in [0.1, 0.15) is 16.6 Å². The summed E-state index contributed by atoms with van der Waals surface area (Å²) in [6.07, 6.45) is 6.30. The third-order valence-corrected chi connectivity index (χ3v) is 5.94. The van der Waals surface area contributed by atoms with Gasteiger partial charge < -0.3 is 10.4 Å². The molecule has 3 rings (SSSR count). The number of nitriles is 1. The minimum Gasteiger partial charge on any atom is -0.391 e. The van der Waals surface area contributed by atoms with Crippen molar-refractivity contribution in [1.29, 1.82) is 5.26 Å². The van der Waals surface area contributed by atoms with Gasteiger partial charge in [0.25, 0.3) is 0 Å². The number of aromatic nitrogens is 1. The highest BCUT2D eigenvalue weighted by Crippen LogP contribution is 2.31. The smallest absolute Gasteiger partial charge is 0.162 e. The lowest BCUT2D eigenvalue weighted by Gasteiger charge is -2.41. The highest BCUT2D eigenvalue weighted by atomic mass is 35.5. The van der Waals surface area contributed by atoms with Gasteiger partial charge >= 0.3 is 0 Å². The molecule has 120 valence electrons. The Hall–Kier alpha value is -0.870. The van der Waals surface area contributed by atoms with Gasteiger partial charge in [0.05, 0.1) is 6.10 Å². The Morgan fingerprint density at radius 3 is 2.68 bits per heavy atom. The molecule has 1 aliphatic carbocycles. The van der Waals surface area contributed by atoms with Crippen LogP contribution in [0.1, 0.15) is 44.1 Å². The Bertz CT molecular complexity index is 550. The first kappa shape index (κ1) is 16.0. The zero-order valence-corrected chi connectivity index (χ0v) is 14.0. The van der Waals surface area contributed by atoms with E-state index in [-0.39, 0.29) is 11.3 Å². The summed E-state index contributed by atoms with van der Waals surface area (Å²) >= 11 is 7.16. The van der Waals surface area contributed by atoms with Gasteiger partial charge in [-0.25, -0.2) is 0 Å². The zero-order valence-electron chi connectivity index (χ0n) is 12.5. The van der Waals surface area contributed by atoms with Crippen LogP contribution in [-0.4, -0.2) is 45.7 Å². The SMILES string of the molecule is N#Cc1c(Cl)nsc1NC1CCN(C2CCCCC2O)CC1. The fourth-order valence-electron chi connectivity index (χ4n) is 3.54. The molecule has 1 saturated heterocycles. The number of hydrogen-bond donors (Lipinski definition) is 2. The first-order valence-corrected chi connectivity index (χ1v) is 9.08. The number of nitrogens with one attached hydrogen (secondary N) is 1. The minimum absolute atomic E-state index is 0.163. The van der Waals surface area contributed by atoms with Crippen LogP contribution in [0.4, 0.5) is 5.00 Å². The second-order valence-corrected chi connectivity index (χ2v) is 7.29. The largest absolute Gasteiger partial charge is 0.391 e. The predicted molar refractivity (Wildman–Crippen MR) is 88.3 cm³/mol. The van der Waals surface area contributed by atoms with E-state index in [0.29, 0.717) is 17.6 Å². The summed E-state index contributed by atoms with van der Waals surface area (Å²) in [6.45, 7) is 1.99. The fourth-order valence-corrected chi connectivity index (χ4v) is 4.56. The third kappa shape index (κ3) is 3.38. The maximum Gasteiger partial charge on any atom is 0.162 e. The van der Waals surface area contributed by atoms with E-state index in [1.54, 1.807) is 0 Å². The molecule has 7 heteroatoms. The van der Waals surface area contributed by atoms with Crippen molar-refractivity contribution in [2.24, 2.45) is 0 Å². The van der Waals surface area contributed by atoms with Crippen LogP contribution in [0.2, 0.25) is 5.15 Å². The predicted octanol–water partition coefficient (Wildman–Crippen LogP) is 2.85. The van der Waals surface area contributed by atoms with E-state index < -0.39 is 0 Å². The van der Waals surface area contributed by atoms with Crippen LogP contribution in [0.5, 0.6) is 0 Å². The molecule has 0 radical (unpaired) electrons. The van der Waals surface area contributed by atoms with Crippen molar-refractivity contribution in [2.45, 2.75) is 56.7 Å². The Morgan fingerprint density at radius 2 is 2.00 bits per heavy atom. The van der Waals surface area contributed by atoms with Gasteiger partial charge in [-0.15, -0.1) is 0 Å². The lowest BCUT2D eigenvalue weighted by atomic mass is 9.89. The highest BCUT2D eigenvalue weighted by Gasteiger charge is 2.31. The quantitative estimate of drug-likeness (QED) is 0.885. The Balaban J connectivity index is 1.54. The van der Waals surface area contributed by atoms with E-state index in [9.17, 15) is 5.11 Å². The van der Waals surface area contributed by atoms with Crippen molar-refractivity contribution in [3.63, 3.8) is 0 Å². The van der Waals surface area contributed by atoms with E-state index >= 15 is 0 Å². The molecular formula is C15H21ClN4OS. The standard InChI is InChI=1S/C15H21ClN4OS/c16-14-11(9-17)15(22-19-14)18-10-5-7-20(8-6-10)12-3-1-2-4-13(12)21/h10,12-13,18,21H,1-8H2. The summed E-state index contributed by atoms with van der Waals surface area (Å²) in [4.78, 5) is 2.44. The molecule has 2 fully saturated rings. The molecule has 2 N–H and O–H groups in total. The molecule has 1 aromatic rings. The van der Waals surface area contributed by atoms with Gasteiger partial charge in [-0.3, -0.25) is 4.90 Å². The molecule has 0 amide bonds. The van der Waals surface area contributed by atoms with Crippen LogP contribution in [0.15, 0.2) is 0 Å². The number of likely N-dealkylation sites (tertiary alicyclic amines) is 1. The van der Waals surface area contributed by atoms with Gasteiger partial charge in [-0.2, -0.15) is 9.64 Å². The lowest BCUT2D eigenvalue weighted by molar-refractivity contribution is 0.00995. The van der Waals surface area contributed by atoms with E-state index in [1.165, 1.54) is 18.0 Å². The van der Waals surface area contributed by atoms with Crippen molar-refractivity contribution in [3.8, 4) is 6.07 Å². The Morgan fingerprint density at radius 1 is 1.27 bits per heavy atom. The number of aliphatic hydroxyl groups excluding tert-OH is 1. The topological polar surface area (TPSA) is 72.2 Å².